The third kappa shape index (κ3) is 2.83. The number of hydrogen-bond acceptors (Lipinski definition) is 1. The first kappa shape index (κ1) is 12.7. The predicted octanol–water partition coefficient (Wildman–Crippen LogP) is 4.52. The van der Waals surface area contributed by atoms with E-state index in [4.69, 9.17) is 0 Å². The lowest BCUT2D eigenvalue weighted by atomic mass is 10.0. The average molecular weight is 261 g/mol. The van der Waals surface area contributed by atoms with Crippen LogP contribution in [-0.4, -0.2) is 13.6 Å². The van der Waals surface area contributed by atoms with Gasteiger partial charge in [-0.3, -0.25) is 0 Å². The van der Waals surface area contributed by atoms with Crippen LogP contribution in [0.2, 0.25) is 0 Å². The lowest BCUT2D eigenvalue weighted by molar-refractivity contribution is 0.878. The van der Waals surface area contributed by atoms with E-state index in [0.717, 1.165) is 13.0 Å². The maximum absolute atomic E-state index is 2.30. The Kier molecular flexibility index (Phi) is 3.69. The van der Waals surface area contributed by atoms with Gasteiger partial charge in [0.25, 0.3) is 0 Å². The lowest BCUT2D eigenvalue weighted by Gasteiger charge is -2.19. The van der Waals surface area contributed by atoms with Gasteiger partial charge in [0, 0.05) is 19.3 Å². The molecule has 0 aliphatic heterocycles. The Labute approximate surface area is 120 Å². The SMILES string of the molecule is CN(CCc1ccc2ccccc2c1)c1ccccc1. The molecule has 0 saturated heterocycles. The minimum atomic E-state index is 1.03. The van der Waals surface area contributed by atoms with E-state index in [1.54, 1.807) is 0 Å². The quantitative estimate of drug-likeness (QED) is 0.667. The lowest BCUT2D eigenvalue weighted by Crippen LogP contribution is -2.20. The molecule has 1 nitrogen and oxygen atoms in total. The van der Waals surface area contributed by atoms with Crippen LogP contribution in [0.15, 0.2) is 72.8 Å². The number of para-hydroxylation sites is 1. The van der Waals surface area contributed by atoms with Gasteiger partial charge in [-0.25, -0.2) is 0 Å². The summed E-state index contributed by atoms with van der Waals surface area (Å²) in [5.41, 5.74) is 2.67. The second-order valence-electron chi connectivity index (χ2n) is 5.19. The maximum Gasteiger partial charge on any atom is 0.0363 e. The van der Waals surface area contributed by atoms with Crippen molar-refractivity contribution in [1.29, 1.82) is 0 Å². The van der Waals surface area contributed by atoms with Crippen molar-refractivity contribution >= 4 is 16.5 Å². The third-order valence-electron chi connectivity index (χ3n) is 3.75. The van der Waals surface area contributed by atoms with Crippen LogP contribution in [0, 0.1) is 0 Å². The molecule has 0 aliphatic carbocycles. The van der Waals surface area contributed by atoms with E-state index in [2.05, 4.69) is 84.7 Å². The predicted molar refractivity (Wildman–Crippen MR) is 87.4 cm³/mol. The van der Waals surface area contributed by atoms with Crippen molar-refractivity contribution in [3.05, 3.63) is 78.4 Å². The molecule has 20 heavy (non-hydrogen) atoms. The van der Waals surface area contributed by atoms with Crippen molar-refractivity contribution in [1.82, 2.24) is 0 Å². The topological polar surface area (TPSA) is 3.24 Å². The summed E-state index contributed by atoms with van der Waals surface area (Å²) in [6.07, 6.45) is 1.07. The number of anilines is 1. The van der Waals surface area contributed by atoms with Crippen LogP contribution in [0.4, 0.5) is 5.69 Å². The van der Waals surface area contributed by atoms with Crippen molar-refractivity contribution in [2.75, 3.05) is 18.5 Å². The molecule has 0 fully saturated rings. The van der Waals surface area contributed by atoms with Crippen molar-refractivity contribution in [3.63, 3.8) is 0 Å². The number of benzene rings is 3. The zero-order chi connectivity index (χ0) is 13.8. The molecular formula is C19H19N. The zero-order valence-electron chi connectivity index (χ0n) is 11.8. The molecule has 0 amide bonds. The van der Waals surface area contributed by atoms with E-state index in [0.29, 0.717) is 0 Å². The number of fused-ring (bicyclic) bond motifs is 1. The molecule has 0 bridgehead atoms. The van der Waals surface area contributed by atoms with Crippen molar-refractivity contribution in [2.45, 2.75) is 6.42 Å². The van der Waals surface area contributed by atoms with Crippen LogP contribution < -0.4 is 4.90 Å². The van der Waals surface area contributed by atoms with Gasteiger partial charge in [0.2, 0.25) is 0 Å². The maximum atomic E-state index is 2.30. The highest BCUT2D eigenvalue weighted by Crippen LogP contribution is 2.17. The first-order valence-electron chi connectivity index (χ1n) is 7.07. The highest BCUT2D eigenvalue weighted by molar-refractivity contribution is 5.83. The Morgan fingerprint density at radius 3 is 2.25 bits per heavy atom. The largest absolute Gasteiger partial charge is 0.374 e. The van der Waals surface area contributed by atoms with E-state index in [9.17, 15) is 0 Å². The Balaban J connectivity index is 1.70. The monoisotopic (exact) mass is 261 g/mol. The fraction of sp³-hybridized carbons (Fsp3) is 0.158. The summed E-state index contributed by atoms with van der Waals surface area (Å²) in [5, 5.41) is 2.64. The third-order valence-corrected chi connectivity index (χ3v) is 3.75. The Bertz CT molecular complexity index is 688. The molecule has 0 radical (unpaired) electrons. The minimum Gasteiger partial charge on any atom is -0.374 e. The van der Waals surface area contributed by atoms with Gasteiger partial charge in [0.05, 0.1) is 0 Å². The molecule has 0 unspecified atom stereocenters. The summed E-state index contributed by atoms with van der Waals surface area (Å²) >= 11 is 0. The molecule has 0 spiro atoms. The Hall–Kier alpha value is -2.28. The second kappa shape index (κ2) is 5.79. The smallest absolute Gasteiger partial charge is 0.0363 e. The van der Waals surface area contributed by atoms with Gasteiger partial charge in [0.1, 0.15) is 0 Å². The summed E-state index contributed by atoms with van der Waals surface area (Å²) < 4.78 is 0. The van der Waals surface area contributed by atoms with Crippen LogP contribution in [0.5, 0.6) is 0 Å². The number of likely N-dealkylation sites (N-methyl/N-ethyl adjacent to an activating group) is 1. The van der Waals surface area contributed by atoms with Crippen LogP contribution in [0.25, 0.3) is 10.8 Å². The Morgan fingerprint density at radius 2 is 1.45 bits per heavy atom. The first-order chi connectivity index (χ1) is 9.83. The standard InChI is InChI=1S/C19H19N/c1-20(19-9-3-2-4-10-19)14-13-16-11-12-17-7-5-6-8-18(17)15-16/h2-12,15H,13-14H2,1H3. The summed E-state index contributed by atoms with van der Waals surface area (Å²) in [7, 11) is 2.15. The molecule has 0 heterocycles. The Morgan fingerprint density at radius 1 is 0.750 bits per heavy atom. The molecule has 0 N–H and O–H groups in total. The van der Waals surface area contributed by atoms with E-state index < -0.39 is 0 Å². The summed E-state index contributed by atoms with van der Waals surface area (Å²) in [5.74, 6) is 0. The van der Waals surface area contributed by atoms with Crippen LogP contribution in [0.3, 0.4) is 0 Å². The molecule has 0 saturated carbocycles. The summed E-state index contributed by atoms with van der Waals surface area (Å²) in [4.78, 5) is 2.30. The van der Waals surface area contributed by atoms with Gasteiger partial charge in [-0.05, 0) is 34.9 Å². The number of hydrogen-bond donors (Lipinski definition) is 0. The molecule has 1 heteroatoms. The highest BCUT2D eigenvalue weighted by Gasteiger charge is 2.01. The molecule has 3 rings (SSSR count). The van der Waals surface area contributed by atoms with E-state index in [1.165, 1.54) is 22.0 Å². The molecule has 100 valence electrons. The van der Waals surface area contributed by atoms with E-state index in [-0.39, 0.29) is 0 Å². The number of nitrogens with zero attached hydrogens (tertiary/aromatic N) is 1. The summed E-state index contributed by atoms with van der Waals surface area (Å²) in [6.45, 7) is 1.03. The average Bonchev–Trinajstić information content (AvgIpc) is 2.53. The minimum absolute atomic E-state index is 1.03. The fourth-order valence-electron chi connectivity index (χ4n) is 2.50. The van der Waals surface area contributed by atoms with Gasteiger partial charge in [-0.15, -0.1) is 0 Å². The number of rotatable bonds is 4. The van der Waals surface area contributed by atoms with Crippen molar-refractivity contribution in [2.24, 2.45) is 0 Å². The first-order valence-corrected chi connectivity index (χ1v) is 7.07. The second-order valence-corrected chi connectivity index (χ2v) is 5.19. The van der Waals surface area contributed by atoms with Crippen LogP contribution >= 0.6 is 0 Å². The molecule has 3 aromatic rings. The fourth-order valence-corrected chi connectivity index (χ4v) is 2.50. The van der Waals surface area contributed by atoms with Gasteiger partial charge in [-0.2, -0.15) is 0 Å². The molecule has 0 atom stereocenters. The van der Waals surface area contributed by atoms with Gasteiger partial charge >= 0.3 is 0 Å². The normalized spacial score (nSPS) is 10.7. The molecule has 0 aromatic heterocycles. The van der Waals surface area contributed by atoms with Crippen molar-refractivity contribution < 1.29 is 0 Å². The molecule has 3 aromatic carbocycles. The van der Waals surface area contributed by atoms with Crippen LogP contribution in [-0.2, 0) is 6.42 Å². The van der Waals surface area contributed by atoms with E-state index >= 15 is 0 Å². The zero-order valence-corrected chi connectivity index (χ0v) is 11.8. The summed E-state index contributed by atoms with van der Waals surface area (Å²) in [6, 6.07) is 25.8. The molecular weight excluding hydrogens is 242 g/mol. The van der Waals surface area contributed by atoms with Crippen LogP contribution in [0.1, 0.15) is 5.56 Å². The highest BCUT2D eigenvalue weighted by atomic mass is 15.1. The van der Waals surface area contributed by atoms with Crippen molar-refractivity contribution in [3.8, 4) is 0 Å². The molecule has 0 aliphatic rings. The van der Waals surface area contributed by atoms with Gasteiger partial charge in [-0.1, -0.05) is 60.7 Å². The van der Waals surface area contributed by atoms with Gasteiger partial charge < -0.3 is 4.90 Å². The van der Waals surface area contributed by atoms with E-state index in [1.807, 2.05) is 0 Å². The van der Waals surface area contributed by atoms with Gasteiger partial charge in [0.15, 0.2) is 0 Å².